The van der Waals surface area contributed by atoms with Crippen LogP contribution in [0.5, 0.6) is 5.75 Å². The van der Waals surface area contributed by atoms with Gasteiger partial charge in [-0.2, -0.15) is 5.26 Å². The topological polar surface area (TPSA) is 59.3 Å². The van der Waals surface area contributed by atoms with Crippen LogP contribution in [0.1, 0.15) is 23.7 Å². The molecule has 0 radical (unpaired) electrons. The summed E-state index contributed by atoms with van der Waals surface area (Å²) in [6, 6.07) is 8.12. The summed E-state index contributed by atoms with van der Waals surface area (Å²) in [7, 11) is 0. The number of nitriles is 1. The molecular weight excluding hydrogens is 285 g/mol. The van der Waals surface area contributed by atoms with E-state index >= 15 is 0 Å². The number of hydrogen-bond donors (Lipinski definition) is 0. The van der Waals surface area contributed by atoms with Gasteiger partial charge in [-0.05, 0) is 55.0 Å². The third-order valence-corrected chi connectivity index (χ3v) is 3.03. The molecule has 0 heterocycles. The molecule has 0 saturated heterocycles. The van der Waals surface area contributed by atoms with E-state index in [1.54, 1.807) is 24.3 Å². The summed E-state index contributed by atoms with van der Waals surface area (Å²) in [5.41, 5.74) is -1.75. The van der Waals surface area contributed by atoms with Gasteiger partial charge in [0, 0.05) is 0 Å². The van der Waals surface area contributed by atoms with Crippen molar-refractivity contribution >= 4 is 5.97 Å². The van der Waals surface area contributed by atoms with Crippen LogP contribution in [0.2, 0.25) is 0 Å². The Labute approximate surface area is 128 Å². The zero-order chi connectivity index (χ0) is 16.0. The fourth-order valence-corrected chi connectivity index (χ4v) is 1.84. The number of alkyl halides is 1. The van der Waals surface area contributed by atoms with Gasteiger partial charge in [-0.25, -0.2) is 9.18 Å². The smallest absolute Gasteiger partial charge is 0.339 e. The number of nitrogens with zero attached hydrogens (tertiary/aromatic N) is 1. The monoisotopic (exact) mass is 301 g/mol. The van der Waals surface area contributed by atoms with Gasteiger partial charge in [0.05, 0.1) is 12.2 Å². The van der Waals surface area contributed by atoms with E-state index in [-0.39, 0.29) is 0 Å². The maximum atomic E-state index is 13.6. The molecule has 1 aromatic carbocycles. The maximum absolute atomic E-state index is 13.6. The molecule has 5 heteroatoms. The number of carbonyl (C=O) groups excluding carboxylic acids is 1. The van der Waals surface area contributed by atoms with Crippen molar-refractivity contribution in [1.29, 1.82) is 5.26 Å². The molecule has 22 heavy (non-hydrogen) atoms. The van der Waals surface area contributed by atoms with Crippen LogP contribution in [0.25, 0.3) is 0 Å². The van der Waals surface area contributed by atoms with Gasteiger partial charge in [0.25, 0.3) is 0 Å². The Morgan fingerprint density at radius 1 is 1.32 bits per heavy atom. The van der Waals surface area contributed by atoms with Crippen LogP contribution in [0.3, 0.4) is 0 Å². The van der Waals surface area contributed by atoms with Crippen LogP contribution in [0, 0.1) is 11.3 Å². The van der Waals surface area contributed by atoms with E-state index < -0.39 is 17.7 Å². The third-order valence-electron chi connectivity index (χ3n) is 3.03. The van der Waals surface area contributed by atoms with Gasteiger partial charge in [0.1, 0.15) is 17.9 Å². The number of allylic oxidation sites excluding steroid dienone is 2. The first-order chi connectivity index (χ1) is 10.6. The van der Waals surface area contributed by atoms with Gasteiger partial charge in [-0.1, -0.05) is 6.92 Å². The largest absolute Gasteiger partial charge is 0.494 e. The lowest BCUT2D eigenvalue weighted by Crippen LogP contribution is -2.22. The first-order valence-electron chi connectivity index (χ1n) is 6.99. The minimum atomic E-state index is -2.12. The first kappa shape index (κ1) is 15.8. The average Bonchev–Trinajstić information content (AvgIpc) is 2.55. The highest BCUT2D eigenvalue weighted by Gasteiger charge is 2.26. The van der Waals surface area contributed by atoms with Crippen LogP contribution < -0.4 is 4.74 Å². The average molecular weight is 301 g/mol. The molecule has 0 N–H and O–H groups in total. The van der Waals surface area contributed by atoms with Crippen LogP contribution in [0.15, 0.2) is 48.6 Å². The van der Waals surface area contributed by atoms with Gasteiger partial charge >= 0.3 is 5.97 Å². The van der Waals surface area contributed by atoms with Crippen molar-refractivity contribution in [1.82, 2.24) is 0 Å². The molecule has 0 fully saturated rings. The molecule has 0 bridgehead atoms. The Bertz CT molecular complexity index is 614. The summed E-state index contributed by atoms with van der Waals surface area (Å²) in [6.07, 6.45) is 5.07. The number of esters is 1. The summed E-state index contributed by atoms with van der Waals surface area (Å²) >= 11 is 0. The second-order valence-corrected chi connectivity index (χ2v) is 4.84. The zero-order valence-corrected chi connectivity index (χ0v) is 12.2. The molecule has 0 amide bonds. The molecule has 0 spiro atoms. The van der Waals surface area contributed by atoms with Crippen LogP contribution >= 0.6 is 0 Å². The Kier molecular flexibility index (Phi) is 4.95. The standard InChI is InChI=1S/C17H16FNO3/c1-2-11-21-14-5-3-13(4-6-14)16(20)22-15-7-9-17(18,12-19)10-8-15/h3-10,15H,2,11H2,1H3. The van der Waals surface area contributed by atoms with Crippen molar-refractivity contribution in [2.45, 2.75) is 25.1 Å². The van der Waals surface area contributed by atoms with Gasteiger partial charge in [-0.15, -0.1) is 0 Å². The van der Waals surface area contributed by atoms with Crippen LogP contribution in [-0.2, 0) is 4.74 Å². The summed E-state index contributed by atoms with van der Waals surface area (Å²) in [6.45, 7) is 2.63. The molecule has 0 aromatic heterocycles. The quantitative estimate of drug-likeness (QED) is 0.618. The molecule has 0 atom stereocenters. The molecule has 114 valence electrons. The summed E-state index contributed by atoms with van der Waals surface area (Å²) in [5, 5.41) is 8.64. The molecule has 0 saturated carbocycles. The van der Waals surface area contributed by atoms with E-state index in [9.17, 15) is 9.18 Å². The maximum Gasteiger partial charge on any atom is 0.339 e. The lowest BCUT2D eigenvalue weighted by atomic mass is 10.0. The Morgan fingerprint density at radius 2 is 1.95 bits per heavy atom. The Hall–Kier alpha value is -2.61. The number of carbonyl (C=O) groups is 1. The number of benzene rings is 1. The molecule has 4 nitrogen and oxygen atoms in total. The van der Waals surface area contributed by atoms with E-state index in [1.807, 2.05) is 6.92 Å². The number of ether oxygens (including phenoxy) is 2. The van der Waals surface area contributed by atoms with Gasteiger partial charge in [-0.3, -0.25) is 0 Å². The molecule has 1 aliphatic rings. The number of hydrogen-bond acceptors (Lipinski definition) is 4. The second kappa shape index (κ2) is 6.90. The van der Waals surface area contributed by atoms with E-state index in [1.165, 1.54) is 18.2 Å². The Morgan fingerprint density at radius 3 is 2.50 bits per heavy atom. The van der Waals surface area contributed by atoms with E-state index in [2.05, 4.69) is 0 Å². The van der Waals surface area contributed by atoms with Crippen molar-refractivity contribution in [3.63, 3.8) is 0 Å². The predicted molar refractivity (Wildman–Crippen MR) is 79.2 cm³/mol. The molecule has 0 unspecified atom stereocenters. The van der Waals surface area contributed by atoms with Crippen molar-refractivity contribution in [3.8, 4) is 11.8 Å². The van der Waals surface area contributed by atoms with Crippen molar-refractivity contribution in [2.75, 3.05) is 6.61 Å². The van der Waals surface area contributed by atoms with Crippen molar-refractivity contribution in [3.05, 3.63) is 54.1 Å². The number of rotatable bonds is 5. The van der Waals surface area contributed by atoms with Gasteiger partial charge in [0.2, 0.25) is 5.67 Å². The zero-order valence-electron chi connectivity index (χ0n) is 12.2. The summed E-state index contributed by atoms with van der Waals surface area (Å²) < 4.78 is 24.2. The van der Waals surface area contributed by atoms with Crippen LogP contribution in [-0.4, -0.2) is 24.3 Å². The minimum Gasteiger partial charge on any atom is -0.494 e. The van der Waals surface area contributed by atoms with Crippen LogP contribution in [0.4, 0.5) is 4.39 Å². The third kappa shape index (κ3) is 3.95. The Balaban J connectivity index is 1.95. The lowest BCUT2D eigenvalue weighted by Gasteiger charge is -2.17. The van der Waals surface area contributed by atoms with E-state index in [0.29, 0.717) is 17.9 Å². The fraction of sp³-hybridized carbons (Fsp3) is 0.294. The first-order valence-corrected chi connectivity index (χ1v) is 6.99. The number of halogens is 1. The minimum absolute atomic E-state index is 0.378. The lowest BCUT2D eigenvalue weighted by molar-refractivity contribution is 0.0458. The molecule has 2 rings (SSSR count). The fourth-order valence-electron chi connectivity index (χ4n) is 1.84. The van der Waals surface area contributed by atoms with Crippen molar-refractivity contribution in [2.24, 2.45) is 0 Å². The summed E-state index contributed by atoms with van der Waals surface area (Å²) in [4.78, 5) is 12.0. The van der Waals surface area contributed by atoms with E-state index in [0.717, 1.165) is 18.6 Å². The van der Waals surface area contributed by atoms with Gasteiger partial charge in [0.15, 0.2) is 0 Å². The van der Waals surface area contributed by atoms with Crippen molar-refractivity contribution < 1.29 is 18.7 Å². The summed E-state index contributed by atoms with van der Waals surface area (Å²) in [5.74, 6) is 0.164. The normalized spacial score (nSPS) is 22.9. The van der Waals surface area contributed by atoms with Gasteiger partial charge < -0.3 is 9.47 Å². The second-order valence-electron chi connectivity index (χ2n) is 4.84. The SMILES string of the molecule is CCCOc1ccc(C(=O)OC2C=CC(F)(C#N)C=C2)cc1. The molecular formula is C17H16FNO3. The highest BCUT2D eigenvalue weighted by atomic mass is 19.1. The molecule has 0 aliphatic heterocycles. The highest BCUT2D eigenvalue weighted by molar-refractivity contribution is 5.89. The molecule has 1 aromatic rings. The molecule has 1 aliphatic carbocycles. The highest BCUT2D eigenvalue weighted by Crippen LogP contribution is 2.21. The predicted octanol–water partition coefficient (Wildman–Crippen LogP) is 3.36. The van der Waals surface area contributed by atoms with E-state index in [4.69, 9.17) is 14.7 Å².